The first-order chi connectivity index (χ1) is 17.9. The van der Waals surface area contributed by atoms with Crippen LogP contribution in [-0.4, -0.2) is 90.6 Å². The number of hydrogen-bond acceptors (Lipinski definition) is 9. The average Bonchev–Trinajstić information content (AvgIpc) is 3.28. The van der Waals surface area contributed by atoms with Gasteiger partial charge in [0.05, 0.1) is 17.5 Å². The second-order valence-corrected chi connectivity index (χ2v) is 10.3. The van der Waals surface area contributed by atoms with E-state index in [1.54, 1.807) is 13.0 Å². The van der Waals surface area contributed by atoms with E-state index in [-0.39, 0.29) is 6.03 Å². The molecule has 0 bridgehead atoms. The molecule has 2 heterocycles. The summed E-state index contributed by atoms with van der Waals surface area (Å²) in [6.07, 6.45) is 4.19. The monoisotopic (exact) mass is 552 g/mol. The van der Waals surface area contributed by atoms with Crippen molar-refractivity contribution in [2.45, 2.75) is 19.8 Å². The number of nitrogens with one attached hydrogen (secondary N) is 3. The summed E-state index contributed by atoms with van der Waals surface area (Å²) in [5.74, 6) is -1.23. The number of urea groups is 1. The summed E-state index contributed by atoms with van der Waals surface area (Å²) in [5.41, 5.74) is 1.27. The van der Waals surface area contributed by atoms with E-state index in [0.717, 1.165) is 32.2 Å². The van der Waals surface area contributed by atoms with Gasteiger partial charge in [0.15, 0.2) is 5.82 Å². The number of piperidine rings is 1. The number of benzene rings is 1. The molecule has 1 aromatic carbocycles. The lowest BCUT2D eigenvalue weighted by Crippen LogP contribution is -2.42. The van der Waals surface area contributed by atoms with Crippen LogP contribution in [0.5, 0.6) is 0 Å². The van der Waals surface area contributed by atoms with Crippen molar-refractivity contribution >= 4 is 33.7 Å². The van der Waals surface area contributed by atoms with Crippen LogP contribution in [0.3, 0.4) is 0 Å². The fourth-order valence-corrected chi connectivity index (χ4v) is 4.00. The third kappa shape index (κ3) is 11.9. The molecule has 1 aliphatic rings. The molecule has 0 atom stereocenters. The fraction of sp³-hybridized carbons (Fsp3) is 0.435. The zero-order valence-electron chi connectivity index (χ0n) is 21.1. The Morgan fingerprint density at radius 1 is 1.13 bits per heavy atom. The molecule has 0 saturated carbocycles. The van der Waals surface area contributed by atoms with Crippen molar-refractivity contribution in [2.75, 3.05) is 44.3 Å². The molecule has 14 nitrogen and oxygen atoms in total. The fourth-order valence-electron chi connectivity index (χ4n) is 3.53. The smallest absolute Gasteiger partial charge is 0.328 e. The first-order valence-corrected chi connectivity index (χ1v) is 13.6. The molecular formula is C23H32N6O8S. The number of sulfonamides is 1. The minimum atomic E-state index is -3.14. The Balaban J connectivity index is 0.000000550. The van der Waals surface area contributed by atoms with Gasteiger partial charge in [0.2, 0.25) is 10.0 Å². The number of anilines is 1. The van der Waals surface area contributed by atoms with Gasteiger partial charge in [-0.1, -0.05) is 17.3 Å². The van der Waals surface area contributed by atoms with E-state index in [4.69, 9.17) is 14.7 Å². The molecule has 38 heavy (non-hydrogen) atoms. The minimum absolute atomic E-state index is 0.279. The number of aromatic nitrogens is 2. The molecule has 1 saturated heterocycles. The molecule has 0 aliphatic carbocycles. The number of hydrogen-bond donors (Lipinski definition) is 5. The summed E-state index contributed by atoms with van der Waals surface area (Å²) in [6.45, 7) is 5.21. The van der Waals surface area contributed by atoms with Crippen molar-refractivity contribution in [3.8, 4) is 11.5 Å². The highest BCUT2D eigenvalue weighted by Gasteiger charge is 2.20. The largest absolute Gasteiger partial charge is 0.478 e. The van der Waals surface area contributed by atoms with Crippen LogP contribution in [0.4, 0.5) is 10.5 Å². The third-order valence-corrected chi connectivity index (χ3v) is 6.08. The zero-order chi connectivity index (χ0) is 28.1. The van der Waals surface area contributed by atoms with Gasteiger partial charge in [-0.3, -0.25) is 0 Å². The molecule has 1 aliphatic heterocycles. The zero-order valence-corrected chi connectivity index (χ0v) is 21.9. The van der Waals surface area contributed by atoms with Gasteiger partial charge in [-0.15, -0.1) is 0 Å². The number of carbonyl (C=O) groups excluding carboxylic acids is 1. The summed E-state index contributed by atoms with van der Waals surface area (Å²) in [7, 11) is -3.14. The molecule has 0 radical (unpaired) electrons. The lowest BCUT2D eigenvalue weighted by molar-refractivity contribution is -0.134. The molecule has 0 spiro atoms. The lowest BCUT2D eigenvalue weighted by atomic mass is 9.97. The minimum Gasteiger partial charge on any atom is -0.478 e. The van der Waals surface area contributed by atoms with Crippen LogP contribution < -0.4 is 15.4 Å². The van der Waals surface area contributed by atoms with Crippen molar-refractivity contribution < 1.29 is 37.5 Å². The van der Waals surface area contributed by atoms with E-state index >= 15 is 0 Å². The number of rotatable bonds is 10. The van der Waals surface area contributed by atoms with Gasteiger partial charge in [-0.25, -0.2) is 27.5 Å². The molecular weight excluding hydrogens is 520 g/mol. The van der Waals surface area contributed by atoms with Crippen LogP contribution in [0, 0.1) is 12.8 Å². The van der Waals surface area contributed by atoms with E-state index in [2.05, 4.69) is 30.4 Å². The Morgan fingerprint density at radius 2 is 1.76 bits per heavy atom. The molecule has 2 amide bonds. The standard InChI is InChI=1S/C19H28N6O4S.C4H4O4/c1-14-22-18(29-24-14)16-5-3-4-6-17(16)23-19(26)20-13-15-7-10-25(11-8-15)12-9-21-30(2,27)28;5-3(6)1-2-4(7)8/h3-6,15,21H,7-13H2,1-2H3,(H2,20,23,26);1-2H,(H,5,6)(H,7,8)/b;2-1-. The van der Waals surface area contributed by atoms with Gasteiger partial charge in [-0.2, -0.15) is 4.98 Å². The number of nitrogens with zero attached hydrogens (tertiary/aromatic N) is 3. The molecule has 5 N–H and O–H groups in total. The maximum atomic E-state index is 12.4. The SMILES string of the molecule is Cc1noc(-c2ccccc2NC(=O)NCC2CCN(CCNS(C)(=O)=O)CC2)n1.O=C(O)/C=C\C(=O)O. The summed E-state index contributed by atoms with van der Waals surface area (Å²) < 4.78 is 30.0. The Labute approximate surface area is 220 Å². The maximum Gasteiger partial charge on any atom is 0.328 e. The molecule has 0 unspecified atom stereocenters. The van der Waals surface area contributed by atoms with Gasteiger partial charge in [-0.05, 0) is 50.9 Å². The molecule has 208 valence electrons. The number of carbonyl (C=O) groups is 3. The van der Waals surface area contributed by atoms with E-state index in [9.17, 15) is 22.8 Å². The highest BCUT2D eigenvalue weighted by molar-refractivity contribution is 7.88. The lowest BCUT2D eigenvalue weighted by Gasteiger charge is -2.31. The number of carboxylic acids is 2. The van der Waals surface area contributed by atoms with E-state index in [0.29, 0.717) is 60.7 Å². The van der Waals surface area contributed by atoms with Crippen LogP contribution in [-0.2, 0) is 19.6 Å². The van der Waals surface area contributed by atoms with Crippen LogP contribution in [0.15, 0.2) is 40.9 Å². The number of amides is 2. The first-order valence-electron chi connectivity index (χ1n) is 11.7. The molecule has 1 fully saturated rings. The van der Waals surface area contributed by atoms with E-state index in [1.807, 2.05) is 18.2 Å². The van der Waals surface area contributed by atoms with Crippen LogP contribution in [0.25, 0.3) is 11.5 Å². The van der Waals surface area contributed by atoms with Gasteiger partial charge < -0.3 is 30.3 Å². The maximum absolute atomic E-state index is 12.4. The van der Waals surface area contributed by atoms with Crippen molar-refractivity contribution in [1.82, 2.24) is 25.1 Å². The van der Waals surface area contributed by atoms with Crippen LogP contribution >= 0.6 is 0 Å². The summed E-state index contributed by atoms with van der Waals surface area (Å²) in [5, 5.41) is 25.2. The van der Waals surface area contributed by atoms with Gasteiger partial charge in [0.1, 0.15) is 0 Å². The quantitative estimate of drug-likeness (QED) is 0.264. The normalized spacial score (nSPS) is 14.5. The summed E-state index contributed by atoms with van der Waals surface area (Å²) in [6, 6.07) is 7.00. The molecule has 3 rings (SSSR count). The number of aryl methyl sites for hydroxylation is 1. The topological polar surface area (TPSA) is 204 Å². The van der Waals surface area contributed by atoms with Gasteiger partial charge in [0.25, 0.3) is 5.89 Å². The number of aliphatic carboxylic acids is 2. The Bertz CT molecular complexity index is 1210. The number of para-hydroxylation sites is 1. The highest BCUT2D eigenvalue weighted by atomic mass is 32.2. The Kier molecular flexibility index (Phi) is 11.8. The second kappa shape index (κ2) is 14.8. The Hall–Kier alpha value is -3.82. The first kappa shape index (κ1) is 30.4. The third-order valence-electron chi connectivity index (χ3n) is 5.35. The number of likely N-dealkylation sites (tertiary alicyclic amines) is 1. The van der Waals surface area contributed by atoms with E-state index < -0.39 is 22.0 Å². The van der Waals surface area contributed by atoms with Crippen LogP contribution in [0.1, 0.15) is 18.7 Å². The summed E-state index contributed by atoms with van der Waals surface area (Å²) in [4.78, 5) is 37.9. The molecule has 15 heteroatoms. The van der Waals surface area contributed by atoms with Gasteiger partial charge in [0, 0.05) is 31.8 Å². The predicted molar refractivity (Wildman–Crippen MR) is 138 cm³/mol. The summed E-state index contributed by atoms with van der Waals surface area (Å²) >= 11 is 0. The highest BCUT2D eigenvalue weighted by Crippen LogP contribution is 2.26. The van der Waals surface area contributed by atoms with Crippen molar-refractivity contribution in [3.05, 3.63) is 42.2 Å². The average molecular weight is 553 g/mol. The molecule has 1 aromatic heterocycles. The van der Waals surface area contributed by atoms with Crippen molar-refractivity contribution in [3.63, 3.8) is 0 Å². The Morgan fingerprint density at radius 3 is 2.32 bits per heavy atom. The van der Waals surface area contributed by atoms with Crippen molar-refractivity contribution in [2.24, 2.45) is 5.92 Å². The second-order valence-electron chi connectivity index (χ2n) is 8.49. The number of carboxylic acid groups (broad SMARTS) is 2. The molecule has 2 aromatic rings. The van der Waals surface area contributed by atoms with Crippen molar-refractivity contribution in [1.29, 1.82) is 0 Å². The van der Waals surface area contributed by atoms with E-state index in [1.165, 1.54) is 0 Å². The van der Waals surface area contributed by atoms with Crippen LogP contribution in [0.2, 0.25) is 0 Å². The van der Waals surface area contributed by atoms with Gasteiger partial charge >= 0.3 is 18.0 Å². The predicted octanol–water partition coefficient (Wildman–Crippen LogP) is 1.14.